The number of halogens is 1. The van der Waals surface area contributed by atoms with Crippen LogP contribution in [-0.4, -0.2) is 233 Å². The molecule has 14 atom stereocenters. The molecule has 0 aromatic heterocycles. The number of nitrogens with one attached hydrogen (secondary N) is 10. The minimum atomic E-state index is -2.47. The Hall–Kier alpha value is -13.0. The molecule has 4 saturated carbocycles. The number of rotatable bonds is 19. The van der Waals surface area contributed by atoms with Gasteiger partial charge in [-0.3, -0.25) is 48.6 Å². The molecule has 0 radical (unpaired) electrons. The van der Waals surface area contributed by atoms with Gasteiger partial charge in [-0.1, -0.05) is 43.6 Å². The molecule has 6 aliphatic heterocycles. The summed E-state index contributed by atoms with van der Waals surface area (Å²) in [6, 6.07) is 3.56. The first-order valence-corrected chi connectivity index (χ1v) is 45.7. The molecule has 18 N–H and O–H groups in total. The van der Waals surface area contributed by atoms with Crippen LogP contribution in [0.25, 0.3) is 11.1 Å². The summed E-state index contributed by atoms with van der Waals surface area (Å²) in [5.41, 5.74) is -5.15. The van der Waals surface area contributed by atoms with Gasteiger partial charge in [0, 0.05) is 49.1 Å². The summed E-state index contributed by atoms with van der Waals surface area (Å²) in [6.45, 7) is 21.2. The highest BCUT2D eigenvalue weighted by molar-refractivity contribution is 6.32. The van der Waals surface area contributed by atoms with Crippen molar-refractivity contribution in [2.24, 2.45) is 29.6 Å². The number of imide groups is 1. The Bertz CT molecular complexity index is 5580. The van der Waals surface area contributed by atoms with Crippen molar-refractivity contribution in [3.63, 3.8) is 0 Å². The van der Waals surface area contributed by atoms with E-state index in [-0.39, 0.29) is 87.9 Å². The van der Waals surface area contributed by atoms with Crippen LogP contribution in [0.4, 0.5) is 24.9 Å². The number of amides is 13. The van der Waals surface area contributed by atoms with E-state index in [9.17, 15) is 64.8 Å². The Morgan fingerprint density at radius 1 is 0.599 bits per heavy atom. The van der Waals surface area contributed by atoms with Gasteiger partial charge in [-0.05, 0) is 257 Å². The fourth-order valence-electron chi connectivity index (χ4n) is 18.3. The van der Waals surface area contributed by atoms with Crippen LogP contribution in [0.2, 0.25) is 5.02 Å². The number of nitrogens with zero attached hydrogens (tertiary/aromatic N) is 2. The van der Waals surface area contributed by atoms with Gasteiger partial charge >= 0.3 is 24.3 Å². The second-order valence-corrected chi connectivity index (χ2v) is 39.5. The number of hydrogen-bond donors (Lipinski definition) is 18. The highest BCUT2D eigenvalue weighted by Gasteiger charge is 2.52. The summed E-state index contributed by atoms with van der Waals surface area (Å²) < 4.78 is 48.8. The van der Waals surface area contributed by atoms with Crippen LogP contribution in [0.1, 0.15) is 192 Å². The fraction of sp³-hybridized carbons (Fsp3) is 0.500. The van der Waals surface area contributed by atoms with Crippen LogP contribution < -0.4 is 72.1 Å². The van der Waals surface area contributed by atoms with Crippen LogP contribution in [0, 0.1) is 36.5 Å². The third kappa shape index (κ3) is 24.3. The lowest BCUT2D eigenvalue weighted by molar-refractivity contribution is -0.270. The number of aromatic hydroxyl groups is 3. The van der Waals surface area contributed by atoms with Gasteiger partial charge in [0.2, 0.25) is 59.3 Å². The van der Waals surface area contributed by atoms with Crippen molar-refractivity contribution in [1.29, 1.82) is 0 Å². The number of aliphatic hydroxyl groups excluding tert-OH is 5. The monoisotopic (exact) mass is 1920 g/mol. The maximum Gasteiger partial charge on any atom is 0.410 e. The molecule has 41 heteroatoms. The van der Waals surface area contributed by atoms with Crippen molar-refractivity contribution in [3.8, 4) is 62.9 Å². The minimum Gasteiger partial charge on any atom is -0.508 e. The van der Waals surface area contributed by atoms with Crippen LogP contribution in [-0.2, 0) is 57.3 Å². The second kappa shape index (κ2) is 41.5. The normalized spacial score (nSPS) is 25.5. The molecule has 738 valence electrons. The van der Waals surface area contributed by atoms with E-state index in [1.165, 1.54) is 67.4 Å². The average molecular weight is 1920 g/mol. The van der Waals surface area contributed by atoms with Gasteiger partial charge in [-0.25, -0.2) is 19.2 Å². The minimum absolute atomic E-state index is 0.0142. The predicted molar refractivity (Wildman–Crippen MR) is 489 cm³/mol. The molecule has 6 aromatic carbocycles. The van der Waals surface area contributed by atoms with Crippen molar-refractivity contribution in [3.05, 3.63) is 142 Å². The third-order valence-electron chi connectivity index (χ3n) is 24.6. The molecular weight excluding hydrogens is 1800 g/mol. The molecule has 4 aliphatic carbocycles. The summed E-state index contributed by atoms with van der Waals surface area (Å²) in [6.07, 6.45) is -14.3. The number of carbonyl (C=O) groups is 12. The predicted octanol–water partition coefficient (Wildman–Crippen LogP) is 8.06. The van der Waals surface area contributed by atoms with E-state index in [4.69, 9.17) is 49.5 Å². The quantitative estimate of drug-likeness (QED) is 0.0341. The number of carbonyl (C=O) groups excluding carboxylic acids is 12. The standard InChI is InChI=1S/C96H119ClN12O28/c1-15-109(93(129)137-96(11,12)13)26-27-130-55-21-19-53(20-22-55)99-90(126)101-68(113)41-59-82(119)103-72-52-37-65(131-63-24-17-48(29-44(63)4)76(114)74(87(124)100-59)106-83(120)60(28-43(2)3)108(14)92(128)136-95(8,9)10)81(134-89-80(118)79(117)78(116)67(133-89)42-98-91(127)135-94(5,6)7)66(38-52)132-64-25-18-49(36-58(64)97)77(115)75-88(125)105-73(86(123)102-70-50-31-45-30-46(33-50)34-51(70)32-45)57-39-54(110)40-62(112)69(57)56-35-47(16-23-61(56)111)71(84(121)107-75)104-85(72)122/h16-25,29,35-40,43,45-46,50-51,59-60,67,70-80,89,110-112,114-118H,15,26-28,30-34,41-42H2,1-14H3,(H,98,127)(H,100,124)(H,102,123)(H,103,119)(H,104,122)(H,105,125)(H,106,120)(H,107,121)(H2,99,101,113,126)/t45?,46?,50?,51?,59-,60+,67+,70?,71+,72?,73-,74+,75-,76+,77+,78+,79-,80+,89-/m0/s1. The lowest BCUT2D eigenvalue weighted by Gasteiger charge is -2.54. The van der Waals surface area contributed by atoms with Gasteiger partial charge in [-0.15, -0.1) is 0 Å². The van der Waals surface area contributed by atoms with E-state index < -0.39 is 249 Å². The Morgan fingerprint density at radius 2 is 1.20 bits per heavy atom. The molecule has 0 spiro atoms. The Labute approximate surface area is 794 Å². The third-order valence-corrected chi connectivity index (χ3v) is 24.9. The number of aliphatic hydroxyl groups is 5. The van der Waals surface area contributed by atoms with E-state index in [2.05, 4.69) is 53.2 Å². The van der Waals surface area contributed by atoms with Crippen molar-refractivity contribution in [2.45, 2.75) is 243 Å². The molecule has 13 amide bonds. The van der Waals surface area contributed by atoms with Gasteiger partial charge in [0.1, 0.15) is 137 Å². The number of benzene rings is 6. The maximum atomic E-state index is 16.7. The van der Waals surface area contributed by atoms with E-state index in [1.54, 1.807) is 83.1 Å². The molecule has 16 rings (SSSR count). The van der Waals surface area contributed by atoms with Crippen LogP contribution in [0.15, 0.2) is 103 Å². The number of alkyl carbamates (subject to hydrolysis) is 1. The summed E-state index contributed by atoms with van der Waals surface area (Å²) in [5, 5.41) is 122. The lowest BCUT2D eigenvalue weighted by Crippen LogP contribution is -2.61. The number of hydrogen-bond acceptors (Lipinski definition) is 28. The topological polar surface area (TPSA) is 567 Å². The van der Waals surface area contributed by atoms with Crippen LogP contribution in [0.3, 0.4) is 0 Å². The van der Waals surface area contributed by atoms with Gasteiger partial charge in [-0.2, -0.15) is 0 Å². The van der Waals surface area contributed by atoms with Gasteiger partial charge in [0.25, 0.3) is 0 Å². The molecule has 6 heterocycles. The molecular formula is C96H119ClN12O28. The number of phenolic OH excluding ortho intramolecular Hbond substituents is 3. The number of aryl methyl sites for hydroxylation is 1. The molecule has 40 nitrogen and oxygen atoms in total. The Morgan fingerprint density at radius 3 is 1.82 bits per heavy atom. The highest BCUT2D eigenvalue weighted by atomic mass is 35.5. The van der Waals surface area contributed by atoms with Gasteiger partial charge < -0.3 is 131 Å². The SMILES string of the molecule is CCN(CCOc1ccc(NC(=O)NC(=O)C[C@@H]2NC(=O)[C@H](NC(=O)[C@@H](CC(C)C)N(C)C(=O)OC(C)(C)C)[C@H](O)c3ccc(c(C)c3)Oc3cc4cc(c3O[C@@H]3O[C@H](CNC(=O)OC(C)(C)C)[C@@H](O)[C@H](O)[C@H]3O)Oc3ccc(cc3Cl)[C@@H](O)[C@@H]3NC(=O)[C@H](NC(=O)C4NC2=O)c2ccc(O)c(c2)-c2c(O)cc(O)cc2[C@@H](C(=O)NC2C4CC5CC(C4)CC2C5)NC3=O)cc1)C(=O)OC(C)(C)C. The maximum absolute atomic E-state index is 16.7. The number of anilines is 1. The van der Waals surface area contributed by atoms with Crippen molar-refractivity contribution >= 4 is 88.9 Å². The van der Waals surface area contributed by atoms with E-state index >= 15 is 33.6 Å². The molecule has 6 aromatic rings. The van der Waals surface area contributed by atoms with E-state index in [0.29, 0.717) is 18.4 Å². The number of urea groups is 1. The van der Waals surface area contributed by atoms with Gasteiger partial charge in [0.05, 0.1) is 18.0 Å². The zero-order chi connectivity index (χ0) is 99.6. The number of ether oxygens (including phenoxy) is 8. The van der Waals surface area contributed by atoms with Crippen LogP contribution >= 0.6 is 11.6 Å². The molecule has 15 bridgehead atoms. The zero-order valence-electron chi connectivity index (χ0n) is 78.2. The first-order chi connectivity index (χ1) is 64.4. The first kappa shape index (κ1) is 101. The number of phenols is 3. The molecule has 137 heavy (non-hydrogen) atoms. The van der Waals surface area contributed by atoms with Crippen molar-refractivity contribution < 1.29 is 136 Å². The van der Waals surface area contributed by atoms with Gasteiger partial charge in [0.15, 0.2) is 11.5 Å². The smallest absolute Gasteiger partial charge is 0.410 e. The first-order valence-electron chi connectivity index (χ1n) is 45.4. The average Bonchev–Trinajstić information content (AvgIpc) is 0.755. The molecule has 1 saturated heterocycles. The summed E-state index contributed by atoms with van der Waals surface area (Å²) in [4.78, 5) is 183. The Balaban J connectivity index is 0.969. The Kier molecular flexibility index (Phi) is 30.7. The van der Waals surface area contributed by atoms with E-state index in [0.717, 1.165) is 91.6 Å². The number of fused-ring (bicyclic) bond motifs is 15. The van der Waals surface area contributed by atoms with E-state index in [1.807, 2.05) is 0 Å². The van der Waals surface area contributed by atoms with Crippen molar-refractivity contribution in [2.75, 3.05) is 38.6 Å². The van der Waals surface area contributed by atoms with Crippen LogP contribution in [0.5, 0.6) is 51.7 Å². The lowest BCUT2D eigenvalue weighted by atomic mass is 9.54. The molecule has 1 unspecified atom stereocenters. The fourth-order valence-corrected chi connectivity index (χ4v) is 18.5. The van der Waals surface area contributed by atoms with Crippen molar-refractivity contribution in [1.82, 2.24) is 57.7 Å². The largest absolute Gasteiger partial charge is 0.508 e. The summed E-state index contributed by atoms with van der Waals surface area (Å²) in [5.74, 6) is -14.2. The number of likely N-dealkylation sites (N-methyl/N-ethyl adjacent to an activating group) is 2. The molecule has 10 aliphatic rings. The highest BCUT2D eigenvalue weighted by Crippen LogP contribution is 2.55. The molecule has 5 fully saturated rings. The zero-order valence-corrected chi connectivity index (χ0v) is 78.9. The summed E-state index contributed by atoms with van der Waals surface area (Å²) >= 11 is 7.27. The summed E-state index contributed by atoms with van der Waals surface area (Å²) in [7, 11) is 1.26. The second-order valence-electron chi connectivity index (χ2n) is 39.1.